The van der Waals surface area contributed by atoms with Crippen LogP contribution in [0.4, 0.5) is 10.1 Å². The SMILES string of the molecule is CC(C)NC(=O)[C@@H](C)N(Cc1ccc(Cl)cc1Cl)C(=O)CN(c1cccc(F)c1)S(C)(=O)=O. The van der Waals surface area contributed by atoms with Gasteiger partial charge in [0, 0.05) is 22.6 Å². The fraction of sp³-hybridized carbons (Fsp3) is 0.364. The number of nitrogens with one attached hydrogen (secondary N) is 1. The summed E-state index contributed by atoms with van der Waals surface area (Å²) in [5.74, 6) is -1.73. The molecular formula is C22H26Cl2FN3O4S. The molecule has 0 saturated carbocycles. The minimum atomic E-state index is -3.94. The number of nitrogens with zero attached hydrogens (tertiary/aromatic N) is 2. The van der Waals surface area contributed by atoms with Crippen molar-refractivity contribution in [1.29, 1.82) is 0 Å². The fourth-order valence-corrected chi connectivity index (χ4v) is 4.38. The molecule has 1 N–H and O–H groups in total. The molecule has 0 aliphatic heterocycles. The van der Waals surface area contributed by atoms with Crippen LogP contribution in [0.3, 0.4) is 0 Å². The second kappa shape index (κ2) is 11.2. The number of amides is 2. The molecule has 0 unspecified atom stereocenters. The van der Waals surface area contributed by atoms with E-state index in [9.17, 15) is 22.4 Å². The van der Waals surface area contributed by atoms with Crippen molar-refractivity contribution in [3.63, 3.8) is 0 Å². The molecule has 2 rings (SSSR count). The molecule has 0 aliphatic rings. The second-order valence-electron chi connectivity index (χ2n) is 7.85. The zero-order chi connectivity index (χ0) is 24.9. The highest BCUT2D eigenvalue weighted by Crippen LogP contribution is 2.24. The summed E-state index contributed by atoms with van der Waals surface area (Å²) in [5.41, 5.74) is 0.518. The Morgan fingerprint density at radius 2 is 1.76 bits per heavy atom. The number of carbonyl (C=O) groups is 2. The third kappa shape index (κ3) is 7.58. The number of carbonyl (C=O) groups excluding carboxylic acids is 2. The second-order valence-corrected chi connectivity index (χ2v) is 10.6. The first-order chi connectivity index (χ1) is 15.3. The lowest BCUT2D eigenvalue weighted by Gasteiger charge is -2.32. The van der Waals surface area contributed by atoms with Crippen molar-refractivity contribution in [2.75, 3.05) is 17.1 Å². The van der Waals surface area contributed by atoms with E-state index in [-0.39, 0.29) is 18.3 Å². The summed E-state index contributed by atoms with van der Waals surface area (Å²) < 4.78 is 39.4. The number of hydrogen-bond acceptors (Lipinski definition) is 4. The summed E-state index contributed by atoms with van der Waals surface area (Å²) in [5, 5.41) is 3.44. The van der Waals surface area contributed by atoms with Gasteiger partial charge in [0.25, 0.3) is 0 Å². The minimum absolute atomic E-state index is 0.00499. The standard InChI is InChI=1S/C22H26Cl2FN3O4S/c1-14(2)26-22(30)15(3)27(12-16-8-9-17(23)10-20(16)24)21(29)13-28(33(4,31)32)19-7-5-6-18(25)11-19/h5-11,14-15H,12-13H2,1-4H3,(H,26,30)/t15-/m1/s1. The number of anilines is 1. The first kappa shape index (κ1) is 26.9. The van der Waals surface area contributed by atoms with Crippen LogP contribution in [0.15, 0.2) is 42.5 Å². The Morgan fingerprint density at radius 1 is 1.09 bits per heavy atom. The third-order valence-corrected chi connectivity index (χ3v) is 6.46. The molecule has 0 radical (unpaired) electrons. The molecule has 1 atom stereocenters. The average molecular weight is 518 g/mol. The number of hydrogen-bond donors (Lipinski definition) is 1. The zero-order valence-corrected chi connectivity index (χ0v) is 21.0. The van der Waals surface area contributed by atoms with Crippen LogP contribution < -0.4 is 9.62 Å². The molecule has 33 heavy (non-hydrogen) atoms. The predicted octanol–water partition coefficient (Wildman–Crippen LogP) is 3.84. The van der Waals surface area contributed by atoms with E-state index in [1.165, 1.54) is 36.1 Å². The maximum absolute atomic E-state index is 13.7. The highest BCUT2D eigenvalue weighted by molar-refractivity contribution is 7.92. The number of benzene rings is 2. The lowest BCUT2D eigenvalue weighted by Crippen LogP contribution is -2.52. The van der Waals surface area contributed by atoms with Crippen LogP contribution >= 0.6 is 23.2 Å². The van der Waals surface area contributed by atoms with Crippen LogP contribution in [0.2, 0.25) is 10.0 Å². The number of halogens is 3. The van der Waals surface area contributed by atoms with Gasteiger partial charge in [-0.1, -0.05) is 35.3 Å². The van der Waals surface area contributed by atoms with Crippen molar-refractivity contribution in [1.82, 2.24) is 10.2 Å². The van der Waals surface area contributed by atoms with Gasteiger partial charge in [0.1, 0.15) is 18.4 Å². The Labute approximate surface area is 203 Å². The maximum atomic E-state index is 13.7. The van der Waals surface area contributed by atoms with Crippen molar-refractivity contribution >= 4 is 50.7 Å². The highest BCUT2D eigenvalue weighted by Gasteiger charge is 2.30. The predicted molar refractivity (Wildman–Crippen MR) is 128 cm³/mol. The number of rotatable bonds is 9. The maximum Gasteiger partial charge on any atom is 0.244 e. The Bertz CT molecular complexity index is 1130. The summed E-state index contributed by atoms with van der Waals surface area (Å²) in [6.07, 6.45) is 0.917. The van der Waals surface area contributed by atoms with Crippen LogP contribution in [0.1, 0.15) is 26.3 Å². The first-order valence-corrected chi connectivity index (χ1v) is 12.7. The Morgan fingerprint density at radius 3 is 2.30 bits per heavy atom. The molecule has 2 aromatic carbocycles. The number of sulfonamides is 1. The molecule has 2 amide bonds. The average Bonchev–Trinajstić information content (AvgIpc) is 2.69. The van der Waals surface area contributed by atoms with Crippen LogP contribution in [0.25, 0.3) is 0 Å². The van der Waals surface area contributed by atoms with Crippen LogP contribution in [0.5, 0.6) is 0 Å². The summed E-state index contributed by atoms with van der Waals surface area (Å²) >= 11 is 12.2. The molecule has 0 heterocycles. The Hall–Kier alpha value is -2.36. The third-order valence-electron chi connectivity index (χ3n) is 4.73. The smallest absolute Gasteiger partial charge is 0.244 e. The minimum Gasteiger partial charge on any atom is -0.352 e. The van der Waals surface area contributed by atoms with Crippen molar-refractivity contribution in [2.45, 2.75) is 39.4 Å². The molecule has 7 nitrogen and oxygen atoms in total. The molecule has 11 heteroatoms. The molecule has 2 aromatic rings. The Kier molecular flexibility index (Phi) is 9.11. The van der Waals surface area contributed by atoms with Crippen LogP contribution in [-0.2, 0) is 26.2 Å². The van der Waals surface area contributed by atoms with E-state index in [0.29, 0.717) is 15.6 Å². The van der Waals surface area contributed by atoms with Gasteiger partial charge in [0.05, 0.1) is 11.9 Å². The van der Waals surface area contributed by atoms with E-state index < -0.39 is 40.2 Å². The van der Waals surface area contributed by atoms with E-state index >= 15 is 0 Å². The van der Waals surface area contributed by atoms with Crippen molar-refractivity contribution in [2.24, 2.45) is 0 Å². The van der Waals surface area contributed by atoms with Gasteiger partial charge in [-0.2, -0.15) is 0 Å². The summed E-state index contributed by atoms with van der Waals surface area (Å²) in [6.45, 7) is 4.39. The largest absolute Gasteiger partial charge is 0.352 e. The molecule has 0 aromatic heterocycles. The molecule has 0 spiro atoms. The highest BCUT2D eigenvalue weighted by atomic mass is 35.5. The fourth-order valence-electron chi connectivity index (χ4n) is 3.07. The monoisotopic (exact) mass is 517 g/mol. The van der Waals surface area contributed by atoms with Gasteiger partial charge < -0.3 is 10.2 Å². The molecule has 0 bridgehead atoms. The zero-order valence-electron chi connectivity index (χ0n) is 18.7. The van der Waals surface area contributed by atoms with Crippen LogP contribution in [0, 0.1) is 5.82 Å². The molecule has 0 fully saturated rings. The normalized spacial score (nSPS) is 12.4. The van der Waals surface area contributed by atoms with E-state index in [4.69, 9.17) is 23.2 Å². The van der Waals surface area contributed by atoms with E-state index in [1.54, 1.807) is 26.0 Å². The molecule has 180 valence electrons. The first-order valence-electron chi connectivity index (χ1n) is 10.1. The molecular weight excluding hydrogens is 492 g/mol. The summed E-state index contributed by atoms with van der Waals surface area (Å²) in [4.78, 5) is 27.3. The van der Waals surface area contributed by atoms with Crippen LogP contribution in [-0.4, -0.2) is 50.0 Å². The van der Waals surface area contributed by atoms with Crippen molar-refractivity contribution in [3.8, 4) is 0 Å². The van der Waals surface area contributed by atoms with Gasteiger partial charge in [0.15, 0.2) is 0 Å². The van der Waals surface area contributed by atoms with Gasteiger partial charge in [-0.3, -0.25) is 13.9 Å². The van der Waals surface area contributed by atoms with E-state index in [1.807, 2.05) is 0 Å². The van der Waals surface area contributed by atoms with Crippen molar-refractivity contribution in [3.05, 3.63) is 63.9 Å². The summed E-state index contributed by atoms with van der Waals surface area (Å²) in [6, 6.07) is 8.53. The van der Waals surface area contributed by atoms with Gasteiger partial charge in [-0.25, -0.2) is 12.8 Å². The Balaban J connectivity index is 2.42. The van der Waals surface area contributed by atoms with E-state index in [0.717, 1.165) is 16.6 Å². The van der Waals surface area contributed by atoms with Gasteiger partial charge >= 0.3 is 0 Å². The quantitative estimate of drug-likeness (QED) is 0.547. The molecule has 0 aliphatic carbocycles. The van der Waals surface area contributed by atoms with Gasteiger partial charge in [0.2, 0.25) is 21.8 Å². The molecule has 0 saturated heterocycles. The van der Waals surface area contributed by atoms with Crippen molar-refractivity contribution < 1.29 is 22.4 Å². The van der Waals surface area contributed by atoms with Gasteiger partial charge in [-0.15, -0.1) is 0 Å². The lowest BCUT2D eigenvalue weighted by molar-refractivity contribution is -0.139. The summed E-state index contributed by atoms with van der Waals surface area (Å²) in [7, 11) is -3.94. The van der Waals surface area contributed by atoms with E-state index in [2.05, 4.69) is 5.32 Å². The lowest BCUT2D eigenvalue weighted by atomic mass is 10.1. The topological polar surface area (TPSA) is 86.8 Å². The van der Waals surface area contributed by atoms with Gasteiger partial charge in [-0.05, 0) is 56.7 Å².